The second-order valence-electron chi connectivity index (χ2n) is 3.72. The van der Waals surface area contributed by atoms with E-state index in [0.29, 0.717) is 4.47 Å². The van der Waals surface area contributed by atoms with Crippen LogP contribution in [0.2, 0.25) is 0 Å². The molecule has 0 aliphatic heterocycles. The summed E-state index contributed by atoms with van der Waals surface area (Å²) in [5.41, 5.74) is -0.343. The molecule has 0 atom stereocenters. The Kier molecular flexibility index (Phi) is 3.62. The Labute approximate surface area is 116 Å². The van der Waals surface area contributed by atoms with E-state index in [1.165, 1.54) is 17.0 Å². The highest BCUT2D eigenvalue weighted by Crippen LogP contribution is 2.27. The molecule has 1 N–H and O–H groups in total. The van der Waals surface area contributed by atoms with Crippen molar-refractivity contribution >= 4 is 27.4 Å². The number of aromatic nitrogens is 2. The van der Waals surface area contributed by atoms with Gasteiger partial charge >= 0.3 is 5.69 Å². The van der Waals surface area contributed by atoms with Gasteiger partial charge in [-0.05, 0) is 18.2 Å². The molecule has 1 heterocycles. The van der Waals surface area contributed by atoms with E-state index >= 15 is 0 Å². The number of nitriles is 1. The fraction of sp³-hybridized carbons (Fsp3) is 0.0833. The van der Waals surface area contributed by atoms with E-state index in [-0.39, 0.29) is 17.2 Å². The van der Waals surface area contributed by atoms with Gasteiger partial charge in [-0.1, -0.05) is 15.9 Å². The van der Waals surface area contributed by atoms with Crippen LogP contribution in [0.15, 0.2) is 33.5 Å². The highest BCUT2D eigenvalue weighted by molar-refractivity contribution is 9.10. The first kappa shape index (κ1) is 13.2. The molecule has 0 radical (unpaired) electrons. The van der Waals surface area contributed by atoms with Crippen LogP contribution in [0.5, 0.6) is 0 Å². The molecule has 0 saturated carbocycles. The zero-order valence-electron chi connectivity index (χ0n) is 9.82. The van der Waals surface area contributed by atoms with Gasteiger partial charge in [0.05, 0.1) is 5.69 Å². The molecule has 0 unspecified atom stereocenters. The lowest BCUT2D eigenvalue weighted by Gasteiger charge is -2.18. The molecule has 5 nitrogen and oxygen atoms in total. The quantitative estimate of drug-likeness (QED) is 0.920. The molecule has 1 aromatic carbocycles. The predicted molar refractivity (Wildman–Crippen MR) is 71.7 cm³/mol. The van der Waals surface area contributed by atoms with Crippen molar-refractivity contribution in [1.29, 1.82) is 5.26 Å². The Bertz CT molecular complexity index is 722. The summed E-state index contributed by atoms with van der Waals surface area (Å²) in [6.45, 7) is 0. The maximum Gasteiger partial charge on any atom is 0.347 e. The van der Waals surface area contributed by atoms with Crippen LogP contribution in [0.25, 0.3) is 0 Å². The number of H-pyrrole nitrogens is 1. The number of hydrogen-bond acceptors (Lipinski definition) is 4. The van der Waals surface area contributed by atoms with Crippen LogP contribution in [-0.4, -0.2) is 17.0 Å². The summed E-state index contributed by atoms with van der Waals surface area (Å²) in [6, 6.07) is 7.62. The summed E-state index contributed by atoms with van der Waals surface area (Å²) in [4.78, 5) is 18.7. The molecule has 0 aliphatic carbocycles. The van der Waals surface area contributed by atoms with Crippen LogP contribution in [0.1, 0.15) is 5.69 Å². The standard InChI is InChI=1S/C12H8BrFN4O/c1-18(10-4-7(13)2-3-9(10)14)11-5-8(6-15)16-12(19)17-11/h2-5H,1H3,(H,16,17,19). The van der Waals surface area contributed by atoms with Gasteiger partial charge in [-0.3, -0.25) is 4.98 Å². The topological polar surface area (TPSA) is 72.8 Å². The molecule has 2 rings (SSSR count). The van der Waals surface area contributed by atoms with E-state index in [0.717, 1.165) is 0 Å². The number of anilines is 2. The first-order valence-corrected chi connectivity index (χ1v) is 6.01. The van der Waals surface area contributed by atoms with Gasteiger partial charge in [0.1, 0.15) is 23.4 Å². The van der Waals surface area contributed by atoms with Gasteiger partial charge in [0.25, 0.3) is 0 Å². The monoisotopic (exact) mass is 322 g/mol. The van der Waals surface area contributed by atoms with Gasteiger partial charge in [-0.2, -0.15) is 10.2 Å². The lowest BCUT2D eigenvalue weighted by atomic mass is 10.2. The Hall–Kier alpha value is -2.20. The molecular weight excluding hydrogens is 315 g/mol. The van der Waals surface area contributed by atoms with E-state index in [4.69, 9.17) is 5.26 Å². The van der Waals surface area contributed by atoms with Gasteiger partial charge in [0.2, 0.25) is 0 Å². The predicted octanol–water partition coefficient (Wildman–Crippen LogP) is 2.31. The number of halogens is 2. The third kappa shape index (κ3) is 2.80. The fourth-order valence-electron chi connectivity index (χ4n) is 1.54. The van der Waals surface area contributed by atoms with Gasteiger partial charge in [-0.25, -0.2) is 9.18 Å². The molecule has 0 bridgehead atoms. The normalized spacial score (nSPS) is 10.0. The molecule has 0 aliphatic rings. The maximum absolute atomic E-state index is 13.7. The third-order valence-electron chi connectivity index (χ3n) is 2.46. The smallest absolute Gasteiger partial charge is 0.327 e. The van der Waals surface area contributed by atoms with Crippen molar-refractivity contribution in [3.05, 3.63) is 50.7 Å². The Morgan fingerprint density at radius 1 is 1.47 bits per heavy atom. The van der Waals surface area contributed by atoms with Crippen molar-refractivity contribution in [3.63, 3.8) is 0 Å². The summed E-state index contributed by atoms with van der Waals surface area (Å²) in [7, 11) is 1.56. The number of aromatic amines is 1. The van der Waals surface area contributed by atoms with Crippen molar-refractivity contribution in [1.82, 2.24) is 9.97 Å². The minimum atomic E-state index is -0.656. The summed E-state index contributed by atoms with van der Waals surface area (Å²) in [5.74, 6) is -0.261. The van der Waals surface area contributed by atoms with Crippen molar-refractivity contribution in [2.75, 3.05) is 11.9 Å². The van der Waals surface area contributed by atoms with E-state index in [9.17, 15) is 9.18 Å². The molecule has 2 aromatic rings. The molecule has 0 fully saturated rings. The molecule has 1 aromatic heterocycles. The van der Waals surface area contributed by atoms with Crippen molar-refractivity contribution in [3.8, 4) is 6.07 Å². The largest absolute Gasteiger partial charge is 0.347 e. The minimum absolute atomic E-state index is 0.0669. The van der Waals surface area contributed by atoms with Gasteiger partial charge in [-0.15, -0.1) is 0 Å². The fourth-order valence-corrected chi connectivity index (χ4v) is 1.89. The SMILES string of the molecule is CN(c1cc(C#N)[nH]c(=O)n1)c1cc(Br)ccc1F. The second-order valence-corrected chi connectivity index (χ2v) is 4.64. The Balaban J connectivity index is 2.53. The van der Waals surface area contributed by atoms with E-state index < -0.39 is 11.5 Å². The van der Waals surface area contributed by atoms with E-state index in [1.54, 1.807) is 19.2 Å². The number of hydrogen-bond donors (Lipinski definition) is 1. The summed E-state index contributed by atoms with van der Waals surface area (Å²) < 4.78 is 14.4. The second kappa shape index (κ2) is 5.20. The summed E-state index contributed by atoms with van der Waals surface area (Å²) in [5, 5.41) is 8.79. The summed E-state index contributed by atoms with van der Waals surface area (Å²) in [6.07, 6.45) is 0. The molecule has 19 heavy (non-hydrogen) atoms. The van der Waals surface area contributed by atoms with Crippen LogP contribution in [0.4, 0.5) is 15.9 Å². The van der Waals surface area contributed by atoms with Gasteiger partial charge in [0, 0.05) is 17.6 Å². The van der Waals surface area contributed by atoms with Crippen LogP contribution in [0.3, 0.4) is 0 Å². The maximum atomic E-state index is 13.7. The highest BCUT2D eigenvalue weighted by atomic mass is 79.9. The lowest BCUT2D eigenvalue weighted by Crippen LogP contribution is -2.20. The van der Waals surface area contributed by atoms with Crippen LogP contribution in [0, 0.1) is 17.1 Å². The first-order valence-electron chi connectivity index (χ1n) is 5.21. The highest BCUT2D eigenvalue weighted by Gasteiger charge is 2.12. The number of nitrogens with zero attached hydrogens (tertiary/aromatic N) is 3. The number of benzene rings is 1. The molecule has 0 saturated heterocycles. The number of nitrogens with one attached hydrogen (secondary N) is 1. The zero-order chi connectivity index (χ0) is 14.0. The number of rotatable bonds is 2. The third-order valence-corrected chi connectivity index (χ3v) is 2.96. The first-order chi connectivity index (χ1) is 9.01. The van der Waals surface area contributed by atoms with Crippen LogP contribution in [-0.2, 0) is 0 Å². The lowest BCUT2D eigenvalue weighted by molar-refractivity contribution is 0.627. The molecule has 0 spiro atoms. The van der Waals surface area contributed by atoms with Crippen molar-refractivity contribution < 1.29 is 4.39 Å². The van der Waals surface area contributed by atoms with Crippen molar-refractivity contribution in [2.24, 2.45) is 0 Å². The van der Waals surface area contributed by atoms with E-state index in [2.05, 4.69) is 25.9 Å². The molecule has 7 heteroatoms. The molecule has 0 amide bonds. The van der Waals surface area contributed by atoms with Crippen LogP contribution < -0.4 is 10.6 Å². The average molecular weight is 323 g/mol. The average Bonchev–Trinajstić information content (AvgIpc) is 2.40. The van der Waals surface area contributed by atoms with Crippen molar-refractivity contribution in [2.45, 2.75) is 0 Å². The Morgan fingerprint density at radius 3 is 2.89 bits per heavy atom. The molecule has 96 valence electrons. The van der Waals surface area contributed by atoms with Gasteiger partial charge in [0.15, 0.2) is 0 Å². The minimum Gasteiger partial charge on any atom is -0.327 e. The Morgan fingerprint density at radius 2 is 2.21 bits per heavy atom. The van der Waals surface area contributed by atoms with Gasteiger partial charge < -0.3 is 4.90 Å². The van der Waals surface area contributed by atoms with E-state index in [1.807, 2.05) is 6.07 Å². The zero-order valence-corrected chi connectivity index (χ0v) is 11.4. The molecular formula is C12H8BrFN4O. The summed E-state index contributed by atoms with van der Waals surface area (Å²) >= 11 is 3.25. The van der Waals surface area contributed by atoms with Crippen LogP contribution >= 0.6 is 15.9 Å².